The standard InChI is InChI=1S/C15H14N2O4S2/c1-21-15(20)17-13(19)11-7-8-23-14(11)16-12(18)9-3-5-10(22-2)6-4-9/h3-8H,1-2H3,(H,16,18)(H,17,19,20). The van der Waals surface area contributed by atoms with E-state index in [1.54, 1.807) is 29.3 Å². The topological polar surface area (TPSA) is 84.5 Å². The van der Waals surface area contributed by atoms with Gasteiger partial charge in [0.15, 0.2) is 0 Å². The van der Waals surface area contributed by atoms with Gasteiger partial charge in [-0.3, -0.25) is 14.9 Å². The van der Waals surface area contributed by atoms with E-state index in [0.717, 1.165) is 12.0 Å². The van der Waals surface area contributed by atoms with Crippen LogP contribution in [0.25, 0.3) is 0 Å². The summed E-state index contributed by atoms with van der Waals surface area (Å²) in [6.07, 6.45) is 1.10. The summed E-state index contributed by atoms with van der Waals surface area (Å²) < 4.78 is 4.37. The zero-order valence-electron chi connectivity index (χ0n) is 12.4. The van der Waals surface area contributed by atoms with Crippen LogP contribution in [0.1, 0.15) is 20.7 Å². The number of thiophene rings is 1. The molecular weight excluding hydrogens is 336 g/mol. The Morgan fingerprint density at radius 2 is 1.78 bits per heavy atom. The highest BCUT2D eigenvalue weighted by Crippen LogP contribution is 2.24. The second-order valence-corrected chi connectivity index (χ2v) is 6.09. The fourth-order valence-electron chi connectivity index (χ4n) is 1.71. The molecule has 1 aromatic heterocycles. The highest BCUT2D eigenvalue weighted by molar-refractivity contribution is 7.98. The van der Waals surface area contributed by atoms with E-state index in [9.17, 15) is 14.4 Å². The van der Waals surface area contributed by atoms with Crippen molar-refractivity contribution in [3.05, 3.63) is 46.8 Å². The lowest BCUT2D eigenvalue weighted by Gasteiger charge is -2.07. The number of anilines is 1. The van der Waals surface area contributed by atoms with Gasteiger partial charge in [0.1, 0.15) is 5.00 Å². The number of carbonyl (C=O) groups excluding carboxylic acids is 3. The second-order valence-electron chi connectivity index (χ2n) is 4.29. The zero-order chi connectivity index (χ0) is 16.8. The van der Waals surface area contributed by atoms with Crippen molar-refractivity contribution in [2.45, 2.75) is 4.90 Å². The number of carbonyl (C=O) groups is 3. The van der Waals surface area contributed by atoms with Gasteiger partial charge in [0.25, 0.3) is 11.8 Å². The quantitative estimate of drug-likeness (QED) is 0.827. The number of imide groups is 1. The summed E-state index contributed by atoms with van der Waals surface area (Å²) >= 11 is 2.78. The number of thioether (sulfide) groups is 1. The summed E-state index contributed by atoms with van der Waals surface area (Å²) in [5.74, 6) is -0.960. The van der Waals surface area contributed by atoms with Crippen LogP contribution in [0.3, 0.4) is 0 Å². The van der Waals surface area contributed by atoms with Crippen molar-refractivity contribution in [2.75, 3.05) is 18.7 Å². The summed E-state index contributed by atoms with van der Waals surface area (Å²) in [7, 11) is 1.16. The predicted octanol–water partition coefficient (Wildman–Crippen LogP) is 3.22. The fraction of sp³-hybridized carbons (Fsp3) is 0.133. The Hall–Kier alpha value is -2.32. The van der Waals surface area contributed by atoms with E-state index in [2.05, 4.69) is 15.4 Å². The Labute approximate surface area is 141 Å². The van der Waals surface area contributed by atoms with Crippen molar-refractivity contribution in [1.82, 2.24) is 5.32 Å². The van der Waals surface area contributed by atoms with Gasteiger partial charge in [0.2, 0.25) is 0 Å². The summed E-state index contributed by atoms with van der Waals surface area (Å²) in [5.41, 5.74) is 0.685. The van der Waals surface area contributed by atoms with Crippen molar-refractivity contribution < 1.29 is 19.1 Å². The van der Waals surface area contributed by atoms with Gasteiger partial charge in [-0.2, -0.15) is 0 Å². The summed E-state index contributed by atoms with van der Waals surface area (Å²) in [4.78, 5) is 36.3. The Morgan fingerprint density at radius 3 is 2.39 bits per heavy atom. The lowest BCUT2D eigenvalue weighted by molar-refractivity contribution is 0.0938. The van der Waals surface area contributed by atoms with Crippen LogP contribution in [-0.2, 0) is 4.74 Å². The van der Waals surface area contributed by atoms with E-state index in [1.807, 2.05) is 18.4 Å². The molecule has 2 aromatic rings. The molecule has 0 aliphatic carbocycles. The molecule has 0 unspecified atom stereocenters. The molecule has 8 heteroatoms. The molecule has 0 radical (unpaired) electrons. The Balaban J connectivity index is 2.11. The normalized spacial score (nSPS) is 10.0. The van der Waals surface area contributed by atoms with Crippen molar-refractivity contribution in [2.24, 2.45) is 0 Å². The molecule has 3 amide bonds. The largest absolute Gasteiger partial charge is 0.453 e. The van der Waals surface area contributed by atoms with Crippen molar-refractivity contribution in [1.29, 1.82) is 0 Å². The number of hydrogen-bond acceptors (Lipinski definition) is 6. The number of rotatable bonds is 4. The second kappa shape index (κ2) is 7.80. The van der Waals surface area contributed by atoms with Crippen LogP contribution in [0, 0.1) is 0 Å². The minimum Gasteiger partial charge on any atom is -0.453 e. The van der Waals surface area contributed by atoms with Crippen LogP contribution in [0.4, 0.5) is 9.80 Å². The minimum atomic E-state index is -0.855. The monoisotopic (exact) mass is 350 g/mol. The number of amides is 3. The third-order valence-electron chi connectivity index (χ3n) is 2.89. The van der Waals surface area contributed by atoms with E-state index in [0.29, 0.717) is 10.6 Å². The van der Waals surface area contributed by atoms with E-state index in [-0.39, 0.29) is 11.5 Å². The molecule has 120 valence electrons. The first-order valence-corrected chi connectivity index (χ1v) is 8.57. The summed E-state index contributed by atoms with van der Waals surface area (Å²) in [6.45, 7) is 0. The molecule has 2 N–H and O–H groups in total. The Kier molecular flexibility index (Phi) is 5.78. The van der Waals surface area contributed by atoms with Crippen molar-refractivity contribution in [3.8, 4) is 0 Å². The van der Waals surface area contributed by atoms with Gasteiger partial charge in [-0.05, 0) is 42.0 Å². The Bertz CT molecular complexity index is 725. The van der Waals surface area contributed by atoms with Crippen LogP contribution < -0.4 is 10.6 Å². The zero-order valence-corrected chi connectivity index (χ0v) is 14.0. The molecule has 0 aliphatic heterocycles. The number of ether oxygens (including phenoxy) is 1. The average Bonchev–Trinajstić information content (AvgIpc) is 3.02. The van der Waals surface area contributed by atoms with Gasteiger partial charge in [-0.15, -0.1) is 23.1 Å². The minimum absolute atomic E-state index is 0.203. The molecular formula is C15H14N2O4S2. The van der Waals surface area contributed by atoms with Crippen LogP contribution in [0.5, 0.6) is 0 Å². The molecule has 0 atom stereocenters. The summed E-state index contributed by atoms with van der Waals surface area (Å²) in [5, 5.41) is 6.75. The predicted molar refractivity (Wildman–Crippen MR) is 90.4 cm³/mol. The SMILES string of the molecule is COC(=O)NC(=O)c1ccsc1NC(=O)c1ccc(SC)cc1. The van der Waals surface area contributed by atoms with E-state index >= 15 is 0 Å². The molecule has 23 heavy (non-hydrogen) atoms. The third kappa shape index (κ3) is 4.33. The maximum atomic E-state index is 12.2. The molecule has 2 rings (SSSR count). The van der Waals surface area contributed by atoms with Gasteiger partial charge in [0, 0.05) is 10.5 Å². The van der Waals surface area contributed by atoms with Crippen LogP contribution in [0.2, 0.25) is 0 Å². The summed E-state index contributed by atoms with van der Waals surface area (Å²) in [6, 6.07) is 8.64. The molecule has 0 spiro atoms. The van der Waals surface area contributed by atoms with E-state index in [1.165, 1.54) is 17.4 Å². The van der Waals surface area contributed by atoms with Crippen LogP contribution >= 0.6 is 23.1 Å². The number of benzene rings is 1. The molecule has 0 saturated carbocycles. The fourth-order valence-corrected chi connectivity index (χ4v) is 2.90. The average molecular weight is 350 g/mol. The number of alkyl carbamates (subject to hydrolysis) is 1. The van der Waals surface area contributed by atoms with Crippen molar-refractivity contribution >= 4 is 46.0 Å². The van der Waals surface area contributed by atoms with Crippen LogP contribution in [-0.4, -0.2) is 31.3 Å². The molecule has 1 aromatic carbocycles. The van der Waals surface area contributed by atoms with Crippen LogP contribution in [0.15, 0.2) is 40.6 Å². The lowest BCUT2D eigenvalue weighted by atomic mass is 10.2. The maximum Gasteiger partial charge on any atom is 0.413 e. The first-order valence-electron chi connectivity index (χ1n) is 6.47. The first-order chi connectivity index (χ1) is 11.0. The van der Waals surface area contributed by atoms with Gasteiger partial charge in [-0.25, -0.2) is 4.79 Å². The van der Waals surface area contributed by atoms with Crippen molar-refractivity contribution in [3.63, 3.8) is 0 Å². The van der Waals surface area contributed by atoms with E-state index < -0.39 is 12.0 Å². The van der Waals surface area contributed by atoms with E-state index in [4.69, 9.17) is 0 Å². The number of hydrogen-bond donors (Lipinski definition) is 2. The first kappa shape index (κ1) is 17.0. The molecule has 6 nitrogen and oxygen atoms in total. The highest BCUT2D eigenvalue weighted by atomic mass is 32.2. The third-order valence-corrected chi connectivity index (χ3v) is 4.46. The van der Waals surface area contributed by atoms with Gasteiger partial charge < -0.3 is 10.1 Å². The molecule has 0 saturated heterocycles. The smallest absolute Gasteiger partial charge is 0.413 e. The van der Waals surface area contributed by atoms with Gasteiger partial charge in [-0.1, -0.05) is 0 Å². The lowest BCUT2D eigenvalue weighted by Crippen LogP contribution is -2.30. The molecule has 0 fully saturated rings. The van der Waals surface area contributed by atoms with Gasteiger partial charge >= 0.3 is 6.09 Å². The Morgan fingerprint density at radius 1 is 1.09 bits per heavy atom. The molecule has 1 heterocycles. The number of nitrogens with one attached hydrogen (secondary N) is 2. The number of methoxy groups -OCH3 is 1. The molecule has 0 aliphatic rings. The maximum absolute atomic E-state index is 12.2. The van der Waals surface area contributed by atoms with Gasteiger partial charge in [0.05, 0.1) is 12.7 Å². The molecule has 0 bridgehead atoms. The highest BCUT2D eigenvalue weighted by Gasteiger charge is 2.18.